The second kappa shape index (κ2) is 7.25. The van der Waals surface area contributed by atoms with Crippen molar-refractivity contribution in [1.82, 2.24) is 5.32 Å². The molecule has 0 aliphatic carbocycles. The maximum atomic E-state index is 11.3. The molecule has 94 valence electrons. The predicted octanol–water partition coefficient (Wildman–Crippen LogP) is 0.706. The minimum atomic E-state index is -0.0832. The van der Waals surface area contributed by atoms with E-state index in [-0.39, 0.29) is 18.2 Å². The third-order valence-electron chi connectivity index (χ3n) is 2.25. The van der Waals surface area contributed by atoms with Gasteiger partial charge in [-0.1, -0.05) is 24.0 Å². The molecule has 0 aliphatic heterocycles. The zero-order valence-corrected chi connectivity index (χ0v) is 10.3. The Balaban J connectivity index is 2.51. The van der Waals surface area contributed by atoms with E-state index in [0.717, 1.165) is 5.56 Å². The highest BCUT2D eigenvalue weighted by Gasteiger charge is 2.01. The Morgan fingerprint density at radius 1 is 1.28 bits per heavy atom. The van der Waals surface area contributed by atoms with Crippen LogP contribution in [0.3, 0.4) is 0 Å². The topological polar surface area (TPSA) is 72.2 Å². The standard InChI is InChI=1S/C14H16N2O2/c1-11(17)16-9-3-2-4-12-5-7-13(8-6-12)14(18)10-15/h5-8H,3,9-10,15H2,1H3,(H,16,17). The third-order valence-corrected chi connectivity index (χ3v) is 2.25. The summed E-state index contributed by atoms with van der Waals surface area (Å²) in [5.41, 5.74) is 6.71. The number of nitrogens with one attached hydrogen (secondary N) is 1. The molecule has 0 unspecified atom stereocenters. The average Bonchev–Trinajstić information content (AvgIpc) is 2.38. The molecule has 1 amide bonds. The number of benzene rings is 1. The highest BCUT2D eigenvalue weighted by Crippen LogP contribution is 2.03. The molecule has 1 aromatic rings. The highest BCUT2D eigenvalue weighted by atomic mass is 16.1. The normalized spacial score (nSPS) is 9.22. The lowest BCUT2D eigenvalue weighted by Crippen LogP contribution is -2.20. The first kappa shape index (κ1) is 13.9. The molecule has 0 spiro atoms. The second-order valence-corrected chi connectivity index (χ2v) is 3.74. The van der Waals surface area contributed by atoms with E-state index in [0.29, 0.717) is 18.5 Å². The van der Waals surface area contributed by atoms with Gasteiger partial charge in [-0.2, -0.15) is 0 Å². The van der Waals surface area contributed by atoms with Gasteiger partial charge in [0.15, 0.2) is 5.78 Å². The molecule has 1 aromatic carbocycles. The Hall–Kier alpha value is -2.12. The Bertz CT molecular complexity index is 481. The zero-order valence-electron chi connectivity index (χ0n) is 10.3. The van der Waals surface area contributed by atoms with Gasteiger partial charge < -0.3 is 11.1 Å². The minimum absolute atomic E-state index is 0.0156. The molecule has 0 radical (unpaired) electrons. The molecular weight excluding hydrogens is 228 g/mol. The van der Waals surface area contributed by atoms with Gasteiger partial charge in [0.05, 0.1) is 6.54 Å². The first-order chi connectivity index (χ1) is 8.63. The first-order valence-electron chi connectivity index (χ1n) is 5.70. The number of Topliss-reactive ketones (excluding diaryl/α,β-unsaturated/α-hetero) is 1. The SMILES string of the molecule is CC(=O)NCCC#Cc1ccc(C(=O)CN)cc1. The predicted molar refractivity (Wildman–Crippen MR) is 70.0 cm³/mol. The molecule has 0 aromatic heterocycles. The zero-order chi connectivity index (χ0) is 13.4. The largest absolute Gasteiger partial charge is 0.355 e. The molecule has 3 N–H and O–H groups in total. The van der Waals surface area contributed by atoms with Gasteiger partial charge in [0.2, 0.25) is 5.91 Å². The van der Waals surface area contributed by atoms with Crippen molar-refractivity contribution in [1.29, 1.82) is 0 Å². The number of nitrogens with two attached hydrogens (primary N) is 1. The molecule has 18 heavy (non-hydrogen) atoms. The van der Waals surface area contributed by atoms with Crippen LogP contribution in [-0.2, 0) is 4.79 Å². The minimum Gasteiger partial charge on any atom is -0.355 e. The maximum Gasteiger partial charge on any atom is 0.216 e. The van der Waals surface area contributed by atoms with Crippen LogP contribution in [0, 0.1) is 11.8 Å². The van der Waals surface area contributed by atoms with E-state index in [9.17, 15) is 9.59 Å². The quantitative estimate of drug-likeness (QED) is 0.465. The van der Waals surface area contributed by atoms with Crippen molar-refractivity contribution in [3.05, 3.63) is 35.4 Å². The van der Waals surface area contributed by atoms with Crippen molar-refractivity contribution < 1.29 is 9.59 Å². The van der Waals surface area contributed by atoms with E-state index in [1.54, 1.807) is 24.3 Å². The number of carbonyl (C=O) groups excluding carboxylic acids is 2. The molecule has 4 heteroatoms. The van der Waals surface area contributed by atoms with E-state index in [4.69, 9.17) is 5.73 Å². The fourth-order valence-electron chi connectivity index (χ4n) is 1.32. The van der Waals surface area contributed by atoms with E-state index in [1.807, 2.05) is 0 Å². The van der Waals surface area contributed by atoms with Crippen molar-refractivity contribution in [2.75, 3.05) is 13.1 Å². The van der Waals surface area contributed by atoms with Gasteiger partial charge in [-0.05, 0) is 12.1 Å². The Morgan fingerprint density at radius 2 is 1.94 bits per heavy atom. The van der Waals surface area contributed by atoms with Crippen LogP contribution < -0.4 is 11.1 Å². The van der Waals surface area contributed by atoms with Gasteiger partial charge in [0.25, 0.3) is 0 Å². The summed E-state index contributed by atoms with van der Waals surface area (Å²) in [6.45, 7) is 2.04. The van der Waals surface area contributed by atoms with Crippen LogP contribution in [0.25, 0.3) is 0 Å². The number of carbonyl (C=O) groups is 2. The van der Waals surface area contributed by atoms with E-state index in [2.05, 4.69) is 17.2 Å². The monoisotopic (exact) mass is 244 g/mol. The second-order valence-electron chi connectivity index (χ2n) is 3.74. The van der Waals surface area contributed by atoms with Crippen LogP contribution in [0.15, 0.2) is 24.3 Å². The van der Waals surface area contributed by atoms with Gasteiger partial charge in [-0.3, -0.25) is 9.59 Å². The molecule has 0 atom stereocenters. The summed E-state index contributed by atoms with van der Waals surface area (Å²) in [6, 6.07) is 7.00. The maximum absolute atomic E-state index is 11.3. The van der Waals surface area contributed by atoms with Crippen LogP contribution in [-0.4, -0.2) is 24.8 Å². The lowest BCUT2D eigenvalue weighted by Gasteiger charge is -1.97. The molecule has 1 rings (SSSR count). The summed E-state index contributed by atoms with van der Waals surface area (Å²) in [7, 11) is 0. The number of ketones is 1. The fourth-order valence-corrected chi connectivity index (χ4v) is 1.32. The smallest absolute Gasteiger partial charge is 0.216 e. The molecule has 4 nitrogen and oxygen atoms in total. The summed E-state index contributed by atoms with van der Waals surface area (Å²) in [4.78, 5) is 21.9. The van der Waals surface area contributed by atoms with Gasteiger partial charge >= 0.3 is 0 Å². The molecular formula is C14H16N2O2. The van der Waals surface area contributed by atoms with Crippen LogP contribution >= 0.6 is 0 Å². The fraction of sp³-hybridized carbons (Fsp3) is 0.286. The van der Waals surface area contributed by atoms with Gasteiger partial charge in [0.1, 0.15) is 0 Å². The summed E-state index contributed by atoms with van der Waals surface area (Å²) in [6.07, 6.45) is 0.600. The van der Waals surface area contributed by atoms with E-state index >= 15 is 0 Å². The molecule has 0 aliphatic rings. The van der Waals surface area contributed by atoms with Crippen LogP contribution in [0.1, 0.15) is 29.3 Å². The van der Waals surface area contributed by atoms with Crippen molar-refractivity contribution in [3.8, 4) is 11.8 Å². The van der Waals surface area contributed by atoms with Gasteiger partial charge in [-0.15, -0.1) is 0 Å². The lowest BCUT2D eigenvalue weighted by atomic mass is 10.1. The summed E-state index contributed by atoms with van der Waals surface area (Å²) in [5.74, 6) is 5.77. The number of hydrogen-bond donors (Lipinski definition) is 2. The van der Waals surface area contributed by atoms with Gasteiger partial charge in [-0.25, -0.2) is 0 Å². The van der Waals surface area contributed by atoms with Crippen LogP contribution in [0.4, 0.5) is 0 Å². The highest BCUT2D eigenvalue weighted by molar-refractivity contribution is 5.97. The summed E-state index contributed by atoms with van der Waals surface area (Å²) in [5, 5.41) is 2.66. The van der Waals surface area contributed by atoms with Crippen molar-refractivity contribution in [3.63, 3.8) is 0 Å². The molecule has 0 bridgehead atoms. The molecule has 0 saturated heterocycles. The average molecular weight is 244 g/mol. The number of rotatable bonds is 4. The number of hydrogen-bond acceptors (Lipinski definition) is 3. The summed E-state index contributed by atoms with van der Waals surface area (Å²) < 4.78 is 0. The van der Waals surface area contributed by atoms with E-state index in [1.165, 1.54) is 6.92 Å². The van der Waals surface area contributed by atoms with Crippen molar-refractivity contribution >= 4 is 11.7 Å². The van der Waals surface area contributed by atoms with E-state index < -0.39 is 0 Å². The van der Waals surface area contributed by atoms with Crippen LogP contribution in [0.5, 0.6) is 0 Å². The Labute approximate surface area is 107 Å². The Morgan fingerprint density at radius 3 is 2.50 bits per heavy atom. The first-order valence-corrected chi connectivity index (χ1v) is 5.70. The van der Waals surface area contributed by atoms with Gasteiger partial charge in [0, 0.05) is 31.0 Å². The third kappa shape index (κ3) is 4.81. The molecule has 0 saturated carbocycles. The summed E-state index contributed by atoms with van der Waals surface area (Å²) >= 11 is 0. The molecule has 0 fully saturated rings. The number of amides is 1. The Kier molecular flexibility index (Phi) is 5.62. The van der Waals surface area contributed by atoms with Crippen molar-refractivity contribution in [2.45, 2.75) is 13.3 Å². The van der Waals surface area contributed by atoms with Crippen LogP contribution in [0.2, 0.25) is 0 Å². The van der Waals surface area contributed by atoms with Crippen molar-refractivity contribution in [2.24, 2.45) is 5.73 Å². The lowest BCUT2D eigenvalue weighted by molar-refractivity contribution is -0.118. The molecule has 0 heterocycles.